The van der Waals surface area contributed by atoms with Gasteiger partial charge in [-0.25, -0.2) is 0 Å². The Morgan fingerprint density at radius 3 is 2.62 bits per heavy atom. The number of nitrogens with zero attached hydrogens (tertiary/aromatic N) is 1. The summed E-state index contributed by atoms with van der Waals surface area (Å²) in [5.74, 6) is -0.0857. The van der Waals surface area contributed by atoms with Gasteiger partial charge in [0.2, 0.25) is 5.91 Å². The largest absolute Gasteiger partial charge is 0.368 e. The highest BCUT2D eigenvalue weighted by Crippen LogP contribution is 2.20. The molecule has 1 atom stereocenters. The van der Waals surface area contributed by atoms with Crippen LogP contribution in [0.4, 0.5) is 0 Å². The molecule has 1 N–H and O–H groups in total. The third-order valence-corrected chi connectivity index (χ3v) is 3.92. The molecule has 2 rings (SSSR count). The van der Waals surface area contributed by atoms with Gasteiger partial charge in [0.1, 0.15) is 6.61 Å². The fourth-order valence-corrected chi connectivity index (χ4v) is 2.64. The van der Waals surface area contributed by atoms with Crippen LogP contribution in [0.5, 0.6) is 0 Å². The SMILES string of the molecule is C[C@H](NC(=O)COC1CCCCC1)c1ccc(C#N)cc1. The average Bonchev–Trinajstić information content (AvgIpc) is 2.54. The molecule has 1 fully saturated rings. The average molecular weight is 286 g/mol. The smallest absolute Gasteiger partial charge is 0.246 e. The number of amides is 1. The number of benzene rings is 1. The van der Waals surface area contributed by atoms with Crippen LogP contribution in [0.3, 0.4) is 0 Å². The van der Waals surface area contributed by atoms with Crippen LogP contribution in [0.15, 0.2) is 24.3 Å². The van der Waals surface area contributed by atoms with E-state index in [4.69, 9.17) is 10.00 Å². The molecule has 4 heteroatoms. The molecule has 4 nitrogen and oxygen atoms in total. The summed E-state index contributed by atoms with van der Waals surface area (Å²) in [5.41, 5.74) is 1.61. The van der Waals surface area contributed by atoms with E-state index in [2.05, 4.69) is 11.4 Å². The molecule has 0 aliphatic heterocycles. The van der Waals surface area contributed by atoms with Gasteiger partial charge in [0.15, 0.2) is 0 Å². The van der Waals surface area contributed by atoms with Crippen LogP contribution in [0.2, 0.25) is 0 Å². The molecule has 1 aliphatic carbocycles. The van der Waals surface area contributed by atoms with Gasteiger partial charge in [-0.1, -0.05) is 31.4 Å². The van der Waals surface area contributed by atoms with Crippen LogP contribution in [0.1, 0.15) is 56.2 Å². The van der Waals surface area contributed by atoms with Crippen molar-refractivity contribution in [2.45, 2.75) is 51.2 Å². The Bertz CT molecular complexity index is 499. The van der Waals surface area contributed by atoms with Crippen LogP contribution in [0.25, 0.3) is 0 Å². The summed E-state index contributed by atoms with van der Waals surface area (Å²) in [5, 5.41) is 11.7. The van der Waals surface area contributed by atoms with Gasteiger partial charge in [-0.05, 0) is 37.5 Å². The standard InChI is InChI=1S/C17H22N2O2/c1-13(15-9-7-14(11-18)8-10-15)19-17(20)12-21-16-5-3-2-4-6-16/h7-10,13,16H,2-6,12H2,1H3,(H,19,20)/t13-/m0/s1. The van der Waals surface area contributed by atoms with Crippen molar-refractivity contribution in [1.82, 2.24) is 5.32 Å². The summed E-state index contributed by atoms with van der Waals surface area (Å²) in [6.45, 7) is 2.06. The van der Waals surface area contributed by atoms with E-state index in [0.29, 0.717) is 5.56 Å². The monoisotopic (exact) mass is 286 g/mol. The number of carbonyl (C=O) groups is 1. The third-order valence-electron chi connectivity index (χ3n) is 3.92. The molecule has 0 unspecified atom stereocenters. The van der Waals surface area contributed by atoms with Crippen LogP contribution >= 0.6 is 0 Å². The zero-order valence-electron chi connectivity index (χ0n) is 12.5. The summed E-state index contributed by atoms with van der Waals surface area (Å²) >= 11 is 0. The van der Waals surface area contributed by atoms with E-state index >= 15 is 0 Å². The molecule has 0 spiro atoms. The van der Waals surface area contributed by atoms with Crippen LogP contribution in [0, 0.1) is 11.3 Å². The van der Waals surface area contributed by atoms with Gasteiger partial charge in [-0.2, -0.15) is 5.26 Å². The Morgan fingerprint density at radius 1 is 1.33 bits per heavy atom. The second-order valence-corrected chi connectivity index (χ2v) is 5.59. The first-order valence-electron chi connectivity index (χ1n) is 7.60. The summed E-state index contributed by atoms with van der Waals surface area (Å²) in [6.07, 6.45) is 6.07. The van der Waals surface area contributed by atoms with E-state index in [9.17, 15) is 4.79 Å². The summed E-state index contributed by atoms with van der Waals surface area (Å²) in [6, 6.07) is 9.25. The van der Waals surface area contributed by atoms with Crippen LogP contribution in [-0.4, -0.2) is 18.6 Å². The molecular formula is C17H22N2O2. The Morgan fingerprint density at radius 2 is 2.00 bits per heavy atom. The molecule has 1 aromatic rings. The molecule has 1 saturated carbocycles. The van der Waals surface area contributed by atoms with E-state index in [1.165, 1.54) is 19.3 Å². The first-order chi connectivity index (χ1) is 10.2. The van der Waals surface area contributed by atoms with Crippen LogP contribution < -0.4 is 5.32 Å². The van der Waals surface area contributed by atoms with Crippen molar-refractivity contribution in [3.63, 3.8) is 0 Å². The highest BCUT2D eigenvalue weighted by Gasteiger charge is 2.16. The fourth-order valence-electron chi connectivity index (χ4n) is 2.64. The maximum atomic E-state index is 11.9. The number of hydrogen-bond acceptors (Lipinski definition) is 3. The van der Waals surface area contributed by atoms with E-state index in [1.807, 2.05) is 19.1 Å². The van der Waals surface area contributed by atoms with Crippen molar-refractivity contribution in [3.05, 3.63) is 35.4 Å². The van der Waals surface area contributed by atoms with E-state index in [1.54, 1.807) is 12.1 Å². The van der Waals surface area contributed by atoms with Crippen molar-refractivity contribution in [1.29, 1.82) is 5.26 Å². The molecule has 1 aliphatic rings. The minimum Gasteiger partial charge on any atom is -0.368 e. The van der Waals surface area contributed by atoms with E-state index < -0.39 is 0 Å². The normalized spacial score (nSPS) is 17.0. The van der Waals surface area contributed by atoms with Crippen molar-refractivity contribution >= 4 is 5.91 Å². The number of nitrogens with one attached hydrogen (secondary N) is 1. The lowest BCUT2D eigenvalue weighted by molar-refractivity contribution is -0.129. The molecule has 0 aromatic heterocycles. The third kappa shape index (κ3) is 4.87. The lowest BCUT2D eigenvalue weighted by Gasteiger charge is -2.22. The highest BCUT2D eigenvalue weighted by atomic mass is 16.5. The minimum absolute atomic E-state index is 0.0831. The summed E-state index contributed by atoms with van der Waals surface area (Å²) in [4.78, 5) is 11.9. The number of rotatable bonds is 5. The predicted octanol–water partition coefficient (Wildman–Crippen LogP) is 3.08. The van der Waals surface area contributed by atoms with Gasteiger partial charge >= 0.3 is 0 Å². The Kier molecular flexibility index (Phi) is 5.77. The zero-order chi connectivity index (χ0) is 15.1. The minimum atomic E-state index is -0.0857. The molecule has 0 saturated heterocycles. The molecule has 0 heterocycles. The quantitative estimate of drug-likeness (QED) is 0.904. The van der Waals surface area contributed by atoms with Crippen LogP contribution in [-0.2, 0) is 9.53 Å². The van der Waals surface area contributed by atoms with Crippen molar-refractivity contribution < 1.29 is 9.53 Å². The summed E-state index contributed by atoms with van der Waals surface area (Å²) in [7, 11) is 0. The lowest BCUT2D eigenvalue weighted by Crippen LogP contribution is -2.32. The molecule has 0 bridgehead atoms. The Balaban J connectivity index is 1.76. The predicted molar refractivity (Wildman–Crippen MR) is 80.5 cm³/mol. The Labute approximate surface area is 126 Å². The second-order valence-electron chi connectivity index (χ2n) is 5.59. The molecule has 1 aromatic carbocycles. The van der Waals surface area contributed by atoms with Gasteiger partial charge in [0, 0.05) is 0 Å². The van der Waals surface area contributed by atoms with E-state index in [-0.39, 0.29) is 24.7 Å². The van der Waals surface area contributed by atoms with Gasteiger partial charge in [-0.3, -0.25) is 4.79 Å². The molecule has 112 valence electrons. The molecule has 21 heavy (non-hydrogen) atoms. The molecular weight excluding hydrogens is 264 g/mol. The lowest BCUT2D eigenvalue weighted by atomic mass is 9.98. The number of nitriles is 1. The first kappa shape index (κ1) is 15.5. The maximum Gasteiger partial charge on any atom is 0.246 e. The molecule has 0 radical (unpaired) electrons. The summed E-state index contributed by atoms with van der Waals surface area (Å²) < 4.78 is 5.66. The first-order valence-corrected chi connectivity index (χ1v) is 7.60. The Hall–Kier alpha value is -1.86. The van der Waals surface area contributed by atoms with Gasteiger partial charge < -0.3 is 10.1 Å². The van der Waals surface area contributed by atoms with Gasteiger partial charge in [0.25, 0.3) is 0 Å². The topological polar surface area (TPSA) is 62.1 Å². The number of hydrogen-bond donors (Lipinski definition) is 1. The van der Waals surface area contributed by atoms with Crippen molar-refractivity contribution in [2.75, 3.05) is 6.61 Å². The van der Waals surface area contributed by atoms with Gasteiger partial charge in [-0.15, -0.1) is 0 Å². The number of ether oxygens (including phenoxy) is 1. The zero-order valence-corrected chi connectivity index (χ0v) is 12.5. The fraction of sp³-hybridized carbons (Fsp3) is 0.529. The van der Waals surface area contributed by atoms with Gasteiger partial charge in [0.05, 0.1) is 23.8 Å². The highest BCUT2D eigenvalue weighted by molar-refractivity contribution is 5.77. The number of carbonyl (C=O) groups excluding carboxylic acids is 1. The molecule has 1 amide bonds. The maximum absolute atomic E-state index is 11.9. The van der Waals surface area contributed by atoms with Crippen molar-refractivity contribution in [3.8, 4) is 6.07 Å². The van der Waals surface area contributed by atoms with E-state index in [0.717, 1.165) is 18.4 Å². The van der Waals surface area contributed by atoms with Crippen molar-refractivity contribution in [2.24, 2.45) is 0 Å². The second kappa shape index (κ2) is 7.80.